The second-order valence-electron chi connectivity index (χ2n) is 5.63. The van der Waals surface area contributed by atoms with Crippen LogP contribution in [0, 0.1) is 11.8 Å². The molecular weight excluding hydrogens is 230 g/mol. The first-order valence-corrected chi connectivity index (χ1v) is 6.77. The first-order valence-electron chi connectivity index (χ1n) is 6.77. The van der Waals surface area contributed by atoms with Gasteiger partial charge in [0.2, 0.25) is 5.91 Å². The molecule has 1 atom stereocenters. The highest BCUT2D eigenvalue weighted by molar-refractivity contribution is 5.95. The minimum Gasteiger partial charge on any atom is -0.338 e. The smallest absolute Gasteiger partial charge is 0.321 e. The van der Waals surface area contributed by atoms with Crippen molar-refractivity contribution in [1.82, 2.24) is 15.5 Å². The van der Waals surface area contributed by atoms with Crippen LogP contribution in [0.25, 0.3) is 0 Å². The predicted octanol–water partition coefficient (Wildman–Crippen LogP) is 1.20. The third kappa shape index (κ3) is 6.00. The molecule has 104 valence electrons. The lowest BCUT2D eigenvalue weighted by atomic mass is 10.0. The van der Waals surface area contributed by atoms with Gasteiger partial charge in [-0.3, -0.25) is 15.0 Å². The summed E-state index contributed by atoms with van der Waals surface area (Å²) in [6, 6.07) is -0.390. The Balaban J connectivity index is 2.22. The lowest BCUT2D eigenvalue weighted by Crippen LogP contribution is -2.47. The van der Waals surface area contributed by atoms with E-state index in [-0.39, 0.29) is 5.91 Å². The normalized spacial score (nSPS) is 20.8. The molecule has 0 saturated carbocycles. The van der Waals surface area contributed by atoms with Crippen LogP contribution in [0.1, 0.15) is 33.6 Å². The van der Waals surface area contributed by atoms with Crippen molar-refractivity contribution < 1.29 is 9.59 Å². The van der Waals surface area contributed by atoms with E-state index in [0.29, 0.717) is 24.9 Å². The highest BCUT2D eigenvalue weighted by Crippen LogP contribution is 2.14. The van der Waals surface area contributed by atoms with Crippen LogP contribution in [-0.4, -0.2) is 43.0 Å². The van der Waals surface area contributed by atoms with Crippen molar-refractivity contribution in [2.24, 2.45) is 11.8 Å². The maximum absolute atomic E-state index is 11.7. The number of nitrogens with zero attached hydrogens (tertiary/aromatic N) is 1. The van der Waals surface area contributed by atoms with Crippen LogP contribution in [0.15, 0.2) is 0 Å². The highest BCUT2D eigenvalue weighted by atomic mass is 16.2. The fourth-order valence-corrected chi connectivity index (χ4v) is 2.14. The van der Waals surface area contributed by atoms with Crippen LogP contribution >= 0.6 is 0 Å². The summed E-state index contributed by atoms with van der Waals surface area (Å²) in [7, 11) is 0. The number of amides is 3. The number of piperidine rings is 1. The Labute approximate surface area is 109 Å². The van der Waals surface area contributed by atoms with Gasteiger partial charge >= 0.3 is 6.03 Å². The van der Waals surface area contributed by atoms with Crippen LogP contribution in [0.2, 0.25) is 0 Å². The van der Waals surface area contributed by atoms with Gasteiger partial charge in [-0.25, -0.2) is 4.79 Å². The lowest BCUT2D eigenvalue weighted by Gasteiger charge is -2.29. The van der Waals surface area contributed by atoms with Crippen molar-refractivity contribution in [2.75, 3.05) is 26.2 Å². The van der Waals surface area contributed by atoms with E-state index in [1.54, 1.807) is 0 Å². The lowest BCUT2D eigenvalue weighted by molar-refractivity contribution is -0.121. The molecule has 1 saturated heterocycles. The van der Waals surface area contributed by atoms with Crippen molar-refractivity contribution in [3.8, 4) is 0 Å². The Morgan fingerprint density at radius 1 is 1.39 bits per heavy atom. The van der Waals surface area contributed by atoms with Crippen LogP contribution in [0.3, 0.4) is 0 Å². The Kier molecular flexibility index (Phi) is 6.12. The van der Waals surface area contributed by atoms with E-state index >= 15 is 0 Å². The maximum Gasteiger partial charge on any atom is 0.321 e. The molecule has 0 unspecified atom stereocenters. The van der Waals surface area contributed by atoms with Crippen molar-refractivity contribution in [3.05, 3.63) is 0 Å². The van der Waals surface area contributed by atoms with Gasteiger partial charge in [0.1, 0.15) is 0 Å². The zero-order valence-corrected chi connectivity index (χ0v) is 11.7. The monoisotopic (exact) mass is 255 g/mol. The average molecular weight is 255 g/mol. The van der Waals surface area contributed by atoms with E-state index in [1.807, 2.05) is 13.8 Å². The van der Waals surface area contributed by atoms with E-state index in [9.17, 15) is 9.59 Å². The molecule has 18 heavy (non-hydrogen) atoms. The summed E-state index contributed by atoms with van der Waals surface area (Å²) in [5.41, 5.74) is 0. The van der Waals surface area contributed by atoms with Crippen LogP contribution in [-0.2, 0) is 4.79 Å². The topological polar surface area (TPSA) is 61.4 Å². The molecule has 1 rings (SSSR count). The van der Waals surface area contributed by atoms with Gasteiger partial charge in [-0.2, -0.15) is 0 Å². The molecule has 0 aromatic rings. The van der Waals surface area contributed by atoms with E-state index in [1.165, 1.54) is 6.42 Å². The van der Waals surface area contributed by atoms with Gasteiger partial charge in [0.15, 0.2) is 0 Å². The van der Waals surface area contributed by atoms with Crippen molar-refractivity contribution in [1.29, 1.82) is 0 Å². The van der Waals surface area contributed by atoms with E-state index in [2.05, 4.69) is 22.5 Å². The molecule has 0 aromatic heterocycles. The predicted molar refractivity (Wildman–Crippen MR) is 71.2 cm³/mol. The molecule has 1 fully saturated rings. The standard InChI is InChI=1S/C13H25N3O2/c1-10(2)7-14-13(18)15-12(17)9-16-6-4-5-11(3)8-16/h10-11H,4-9H2,1-3H3,(H2,14,15,17,18)/t11-/m0/s1. The third-order valence-electron chi connectivity index (χ3n) is 3.03. The molecular formula is C13H25N3O2. The number of hydrogen-bond donors (Lipinski definition) is 2. The second kappa shape index (κ2) is 7.36. The minimum atomic E-state index is -0.390. The van der Waals surface area contributed by atoms with Crippen LogP contribution in [0.4, 0.5) is 4.79 Å². The summed E-state index contributed by atoms with van der Waals surface area (Å²) in [6.07, 6.45) is 2.36. The first kappa shape index (κ1) is 15.0. The van der Waals surface area contributed by atoms with Gasteiger partial charge in [0.25, 0.3) is 0 Å². The largest absolute Gasteiger partial charge is 0.338 e. The fraction of sp³-hybridized carbons (Fsp3) is 0.846. The van der Waals surface area contributed by atoms with E-state index in [4.69, 9.17) is 0 Å². The Morgan fingerprint density at radius 2 is 2.11 bits per heavy atom. The van der Waals surface area contributed by atoms with Gasteiger partial charge < -0.3 is 5.32 Å². The Morgan fingerprint density at radius 3 is 2.72 bits per heavy atom. The van der Waals surface area contributed by atoms with E-state index < -0.39 is 6.03 Å². The second-order valence-corrected chi connectivity index (χ2v) is 5.63. The molecule has 3 amide bonds. The van der Waals surface area contributed by atoms with Gasteiger partial charge in [-0.1, -0.05) is 20.8 Å². The molecule has 0 bridgehead atoms. The number of carbonyl (C=O) groups excluding carboxylic acids is 2. The Bertz CT molecular complexity index is 292. The Hall–Kier alpha value is -1.10. The molecule has 1 aliphatic heterocycles. The SMILES string of the molecule is CC(C)CNC(=O)NC(=O)CN1CCC[C@H](C)C1. The van der Waals surface area contributed by atoms with Crippen LogP contribution < -0.4 is 10.6 Å². The first-order chi connectivity index (χ1) is 8.47. The highest BCUT2D eigenvalue weighted by Gasteiger charge is 2.19. The number of carbonyl (C=O) groups is 2. The molecule has 5 heteroatoms. The summed E-state index contributed by atoms with van der Waals surface area (Å²) >= 11 is 0. The summed E-state index contributed by atoms with van der Waals surface area (Å²) in [4.78, 5) is 25.2. The third-order valence-corrected chi connectivity index (χ3v) is 3.03. The zero-order chi connectivity index (χ0) is 13.5. The summed E-state index contributed by atoms with van der Waals surface area (Å²) < 4.78 is 0. The molecule has 0 aliphatic carbocycles. The van der Waals surface area contributed by atoms with Crippen LogP contribution in [0.5, 0.6) is 0 Å². The van der Waals surface area contributed by atoms with E-state index in [0.717, 1.165) is 19.5 Å². The fourth-order valence-electron chi connectivity index (χ4n) is 2.14. The number of imide groups is 1. The number of urea groups is 1. The molecule has 1 aliphatic rings. The molecule has 0 spiro atoms. The number of likely N-dealkylation sites (tertiary alicyclic amines) is 1. The van der Waals surface area contributed by atoms with Gasteiger partial charge in [0.05, 0.1) is 6.54 Å². The number of hydrogen-bond acceptors (Lipinski definition) is 3. The summed E-state index contributed by atoms with van der Waals surface area (Å²) in [6.45, 7) is 9.01. The summed E-state index contributed by atoms with van der Waals surface area (Å²) in [5, 5.41) is 5.04. The molecule has 5 nitrogen and oxygen atoms in total. The van der Waals surface area contributed by atoms with Gasteiger partial charge in [0, 0.05) is 13.1 Å². The number of rotatable bonds is 4. The molecule has 0 aromatic carbocycles. The molecule has 2 N–H and O–H groups in total. The van der Waals surface area contributed by atoms with Gasteiger partial charge in [-0.15, -0.1) is 0 Å². The van der Waals surface area contributed by atoms with Crippen molar-refractivity contribution >= 4 is 11.9 Å². The average Bonchev–Trinajstić information content (AvgIpc) is 2.26. The van der Waals surface area contributed by atoms with Crippen molar-refractivity contribution in [2.45, 2.75) is 33.6 Å². The summed E-state index contributed by atoms with van der Waals surface area (Å²) in [5.74, 6) is 0.806. The maximum atomic E-state index is 11.7. The minimum absolute atomic E-state index is 0.217. The zero-order valence-electron chi connectivity index (χ0n) is 11.7. The van der Waals surface area contributed by atoms with Crippen molar-refractivity contribution in [3.63, 3.8) is 0 Å². The molecule has 0 radical (unpaired) electrons. The number of nitrogens with one attached hydrogen (secondary N) is 2. The van der Waals surface area contributed by atoms with Gasteiger partial charge in [-0.05, 0) is 31.2 Å². The quantitative estimate of drug-likeness (QED) is 0.793. The molecule has 1 heterocycles.